The number of benzene rings is 1. The second kappa shape index (κ2) is 3.40. The Bertz CT molecular complexity index is 272. The topological polar surface area (TPSA) is 12.0 Å². The molecule has 0 bridgehead atoms. The summed E-state index contributed by atoms with van der Waals surface area (Å²) < 4.78 is 0. The second-order valence-electron chi connectivity index (χ2n) is 3.14. The Morgan fingerprint density at radius 3 is 3.17 bits per heavy atom. The molecule has 64 valence electrons. The molecule has 1 nitrogen and oxygen atoms in total. The van der Waals surface area contributed by atoms with E-state index in [1.807, 2.05) is 11.8 Å². The lowest BCUT2D eigenvalue weighted by Crippen LogP contribution is -2.03. The Morgan fingerprint density at radius 2 is 2.25 bits per heavy atom. The Hall–Kier alpha value is -0.630. The molecule has 1 aromatic rings. The van der Waals surface area contributed by atoms with Crippen molar-refractivity contribution in [2.45, 2.75) is 23.5 Å². The van der Waals surface area contributed by atoms with Crippen molar-refractivity contribution in [1.82, 2.24) is 0 Å². The minimum Gasteiger partial charge on any atom is -0.384 e. The van der Waals surface area contributed by atoms with Gasteiger partial charge in [-0.25, -0.2) is 0 Å². The zero-order valence-electron chi connectivity index (χ0n) is 7.21. The minimum atomic E-state index is 0.737. The molecular formula is C10H13NS. The normalized spacial score (nSPS) is 22.2. The molecule has 12 heavy (non-hydrogen) atoms. The van der Waals surface area contributed by atoms with E-state index >= 15 is 0 Å². The molecule has 1 heterocycles. The summed E-state index contributed by atoms with van der Waals surface area (Å²) in [4.78, 5) is 1.39. The van der Waals surface area contributed by atoms with E-state index in [1.165, 1.54) is 17.0 Å². The zero-order chi connectivity index (χ0) is 8.39. The monoisotopic (exact) mass is 179 g/mol. The third kappa shape index (κ3) is 1.58. The quantitative estimate of drug-likeness (QED) is 0.657. The highest BCUT2D eigenvalue weighted by molar-refractivity contribution is 8.00. The fourth-order valence-corrected chi connectivity index (χ4v) is 2.49. The molecular weight excluding hydrogens is 166 g/mol. The van der Waals surface area contributed by atoms with Gasteiger partial charge in [0.05, 0.1) is 0 Å². The predicted octanol–water partition coefficient (Wildman–Crippen LogP) is 2.98. The number of anilines is 1. The minimum absolute atomic E-state index is 0.737. The SMILES string of the molecule is C[C@H]1CCNc2ccccc2S1. The highest BCUT2D eigenvalue weighted by Crippen LogP contribution is 2.33. The van der Waals surface area contributed by atoms with E-state index in [0.29, 0.717) is 0 Å². The molecule has 0 saturated carbocycles. The fourth-order valence-electron chi connectivity index (χ4n) is 1.40. The van der Waals surface area contributed by atoms with Gasteiger partial charge in [-0.1, -0.05) is 19.1 Å². The van der Waals surface area contributed by atoms with Crippen LogP contribution < -0.4 is 5.32 Å². The molecule has 1 N–H and O–H groups in total. The molecule has 0 aromatic heterocycles. The lowest BCUT2D eigenvalue weighted by atomic mass is 10.3. The summed E-state index contributed by atoms with van der Waals surface area (Å²) in [5.74, 6) is 0. The van der Waals surface area contributed by atoms with Crippen LogP contribution in [0.3, 0.4) is 0 Å². The summed E-state index contributed by atoms with van der Waals surface area (Å²) in [5, 5.41) is 4.17. The van der Waals surface area contributed by atoms with Crippen molar-refractivity contribution >= 4 is 17.4 Å². The number of nitrogens with one attached hydrogen (secondary N) is 1. The van der Waals surface area contributed by atoms with E-state index in [0.717, 1.165) is 11.8 Å². The standard InChI is InChI=1S/C10H13NS/c1-8-6-7-11-9-4-2-3-5-10(9)12-8/h2-5,8,11H,6-7H2,1H3/t8-/m0/s1. The summed E-state index contributed by atoms with van der Waals surface area (Å²) in [6.07, 6.45) is 1.25. The van der Waals surface area contributed by atoms with Gasteiger partial charge in [-0.15, -0.1) is 11.8 Å². The van der Waals surface area contributed by atoms with Gasteiger partial charge in [-0.05, 0) is 18.6 Å². The van der Waals surface area contributed by atoms with Crippen molar-refractivity contribution in [3.8, 4) is 0 Å². The number of para-hydroxylation sites is 1. The van der Waals surface area contributed by atoms with E-state index < -0.39 is 0 Å². The Labute approximate surface area is 77.6 Å². The van der Waals surface area contributed by atoms with E-state index in [4.69, 9.17) is 0 Å². The van der Waals surface area contributed by atoms with E-state index in [-0.39, 0.29) is 0 Å². The molecule has 1 aromatic carbocycles. The number of thioether (sulfide) groups is 1. The van der Waals surface area contributed by atoms with E-state index in [9.17, 15) is 0 Å². The number of hydrogen-bond acceptors (Lipinski definition) is 2. The largest absolute Gasteiger partial charge is 0.384 e. The van der Waals surface area contributed by atoms with Crippen LogP contribution in [0.1, 0.15) is 13.3 Å². The molecule has 2 rings (SSSR count). The number of rotatable bonds is 0. The highest BCUT2D eigenvalue weighted by Gasteiger charge is 2.11. The van der Waals surface area contributed by atoms with E-state index in [2.05, 4.69) is 36.5 Å². The first-order chi connectivity index (χ1) is 5.86. The smallest absolute Gasteiger partial charge is 0.0478 e. The first-order valence-corrected chi connectivity index (χ1v) is 5.24. The lowest BCUT2D eigenvalue weighted by Gasteiger charge is -2.06. The van der Waals surface area contributed by atoms with Crippen LogP contribution in [0.2, 0.25) is 0 Å². The first kappa shape index (κ1) is 7.99. The van der Waals surface area contributed by atoms with Crippen LogP contribution in [0.4, 0.5) is 5.69 Å². The molecule has 0 amide bonds. The third-order valence-corrected chi connectivity index (χ3v) is 3.33. The van der Waals surface area contributed by atoms with Crippen LogP contribution in [-0.4, -0.2) is 11.8 Å². The van der Waals surface area contributed by atoms with Crippen molar-refractivity contribution in [2.75, 3.05) is 11.9 Å². The van der Waals surface area contributed by atoms with Gasteiger partial charge in [-0.2, -0.15) is 0 Å². The van der Waals surface area contributed by atoms with Gasteiger partial charge in [0.15, 0.2) is 0 Å². The molecule has 1 aliphatic heterocycles. The van der Waals surface area contributed by atoms with Crippen LogP contribution in [0.15, 0.2) is 29.2 Å². The fraction of sp³-hybridized carbons (Fsp3) is 0.400. The van der Waals surface area contributed by atoms with Crippen LogP contribution in [0, 0.1) is 0 Å². The Kier molecular flexibility index (Phi) is 2.26. The Balaban J connectivity index is 2.31. The van der Waals surface area contributed by atoms with Crippen LogP contribution in [-0.2, 0) is 0 Å². The van der Waals surface area contributed by atoms with Gasteiger partial charge in [0.2, 0.25) is 0 Å². The average Bonchev–Trinajstić information content (AvgIpc) is 2.25. The molecule has 0 radical (unpaired) electrons. The van der Waals surface area contributed by atoms with Gasteiger partial charge < -0.3 is 5.32 Å². The molecule has 1 aliphatic rings. The molecule has 0 unspecified atom stereocenters. The summed E-state index contributed by atoms with van der Waals surface area (Å²) >= 11 is 1.97. The van der Waals surface area contributed by atoms with Crippen LogP contribution >= 0.6 is 11.8 Å². The summed E-state index contributed by atoms with van der Waals surface area (Å²) in [6.45, 7) is 3.39. The third-order valence-electron chi connectivity index (χ3n) is 2.08. The van der Waals surface area contributed by atoms with Crippen LogP contribution in [0.5, 0.6) is 0 Å². The van der Waals surface area contributed by atoms with Crippen molar-refractivity contribution < 1.29 is 0 Å². The molecule has 0 saturated heterocycles. The maximum atomic E-state index is 3.43. The lowest BCUT2D eigenvalue weighted by molar-refractivity contribution is 0.860. The number of hydrogen-bond donors (Lipinski definition) is 1. The van der Waals surface area contributed by atoms with Gasteiger partial charge in [0.25, 0.3) is 0 Å². The van der Waals surface area contributed by atoms with Crippen molar-refractivity contribution in [1.29, 1.82) is 0 Å². The maximum Gasteiger partial charge on any atom is 0.0478 e. The second-order valence-corrected chi connectivity index (χ2v) is 4.62. The summed E-state index contributed by atoms with van der Waals surface area (Å²) in [6, 6.07) is 8.53. The van der Waals surface area contributed by atoms with Gasteiger partial charge in [0, 0.05) is 22.4 Å². The summed E-state index contributed by atoms with van der Waals surface area (Å²) in [7, 11) is 0. The van der Waals surface area contributed by atoms with Gasteiger partial charge in [0.1, 0.15) is 0 Å². The zero-order valence-corrected chi connectivity index (χ0v) is 8.03. The molecule has 0 aliphatic carbocycles. The van der Waals surface area contributed by atoms with Crippen molar-refractivity contribution in [3.05, 3.63) is 24.3 Å². The molecule has 0 fully saturated rings. The molecule has 1 atom stereocenters. The van der Waals surface area contributed by atoms with Crippen molar-refractivity contribution in [3.63, 3.8) is 0 Å². The molecule has 0 spiro atoms. The van der Waals surface area contributed by atoms with Gasteiger partial charge >= 0.3 is 0 Å². The summed E-state index contributed by atoms with van der Waals surface area (Å²) in [5.41, 5.74) is 1.30. The average molecular weight is 179 g/mol. The maximum absolute atomic E-state index is 3.43. The van der Waals surface area contributed by atoms with Crippen LogP contribution in [0.25, 0.3) is 0 Å². The van der Waals surface area contributed by atoms with Crippen molar-refractivity contribution in [2.24, 2.45) is 0 Å². The first-order valence-electron chi connectivity index (χ1n) is 4.36. The molecule has 2 heteroatoms. The number of fused-ring (bicyclic) bond motifs is 1. The highest BCUT2D eigenvalue weighted by atomic mass is 32.2. The van der Waals surface area contributed by atoms with Gasteiger partial charge in [-0.3, -0.25) is 0 Å². The predicted molar refractivity (Wildman–Crippen MR) is 54.9 cm³/mol. The Morgan fingerprint density at radius 1 is 1.42 bits per heavy atom. The van der Waals surface area contributed by atoms with E-state index in [1.54, 1.807) is 0 Å².